The van der Waals surface area contributed by atoms with E-state index < -0.39 is 6.16 Å². The van der Waals surface area contributed by atoms with Crippen LogP contribution >= 0.6 is 0 Å². The molecule has 6 nitrogen and oxygen atoms in total. The van der Waals surface area contributed by atoms with Gasteiger partial charge in [0.1, 0.15) is 13.2 Å². The van der Waals surface area contributed by atoms with Gasteiger partial charge in [0.15, 0.2) is 0 Å². The van der Waals surface area contributed by atoms with E-state index in [9.17, 15) is 4.79 Å². The first-order valence-electron chi connectivity index (χ1n) is 7.27. The van der Waals surface area contributed by atoms with E-state index in [4.69, 9.17) is 23.7 Å². The van der Waals surface area contributed by atoms with Gasteiger partial charge in [-0.3, -0.25) is 0 Å². The summed E-state index contributed by atoms with van der Waals surface area (Å²) in [6.07, 6.45) is 1.31. The molecule has 0 N–H and O–H groups in total. The molecule has 0 aliphatic heterocycles. The van der Waals surface area contributed by atoms with Gasteiger partial charge in [-0.1, -0.05) is 13.3 Å². The molecular weight excluding hydrogens is 264 g/mol. The molecule has 120 valence electrons. The molecule has 6 heteroatoms. The second-order valence-corrected chi connectivity index (χ2v) is 4.25. The fourth-order valence-corrected chi connectivity index (χ4v) is 1.26. The van der Waals surface area contributed by atoms with E-state index in [-0.39, 0.29) is 19.3 Å². The zero-order chi connectivity index (χ0) is 15.1. The summed E-state index contributed by atoms with van der Waals surface area (Å²) in [5.74, 6) is 0. The maximum Gasteiger partial charge on any atom is 0.508 e. The molecule has 0 aliphatic carbocycles. The van der Waals surface area contributed by atoms with Crippen LogP contribution in [-0.2, 0) is 23.7 Å². The quantitative estimate of drug-likeness (QED) is 0.384. The van der Waals surface area contributed by atoms with Gasteiger partial charge in [-0.05, 0) is 20.3 Å². The summed E-state index contributed by atoms with van der Waals surface area (Å²) in [5.41, 5.74) is 0. The van der Waals surface area contributed by atoms with Crippen molar-refractivity contribution in [3.05, 3.63) is 0 Å². The molecule has 0 radical (unpaired) electrons. The zero-order valence-corrected chi connectivity index (χ0v) is 12.9. The fourth-order valence-electron chi connectivity index (χ4n) is 1.26. The first kappa shape index (κ1) is 19.1. The van der Waals surface area contributed by atoms with E-state index >= 15 is 0 Å². The summed E-state index contributed by atoms with van der Waals surface area (Å²) in [4.78, 5) is 11.2. The number of carbonyl (C=O) groups is 1. The first-order chi connectivity index (χ1) is 9.70. The van der Waals surface area contributed by atoms with Crippen molar-refractivity contribution >= 4 is 6.16 Å². The second-order valence-electron chi connectivity index (χ2n) is 4.25. The number of hydrogen-bond donors (Lipinski definition) is 0. The molecule has 1 unspecified atom stereocenters. The average Bonchev–Trinajstić information content (AvgIpc) is 2.45. The lowest BCUT2D eigenvalue weighted by atomic mass is 10.4. The van der Waals surface area contributed by atoms with Crippen LogP contribution in [0.15, 0.2) is 0 Å². The number of carbonyl (C=O) groups excluding carboxylic acids is 1. The minimum absolute atomic E-state index is 0.169. The molecular formula is C14H28O6. The topological polar surface area (TPSA) is 63.2 Å². The van der Waals surface area contributed by atoms with E-state index in [0.29, 0.717) is 26.4 Å². The molecule has 0 saturated carbocycles. The predicted octanol–water partition coefficient (Wildman–Crippen LogP) is 2.40. The Morgan fingerprint density at radius 2 is 1.70 bits per heavy atom. The first-order valence-corrected chi connectivity index (χ1v) is 7.27. The normalized spacial score (nSPS) is 12.2. The van der Waals surface area contributed by atoms with Gasteiger partial charge in [-0.25, -0.2) is 4.79 Å². The number of ether oxygens (including phenoxy) is 5. The van der Waals surface area contributed by atoms with Crippen LogP contribution in [0.25, 0.3) is 0 Å². The highest BCUT2D eigenvalue weighted by atomic mass is 16.7. The minimum atomic E-state index is -0.695. The van der Waals surface area contributed by atoms with Crippen molar-refractivity contribution in [2.75, 3.05) is 46.2 Å². The number of rotatable bonds is 13. The molecule has 0 bridgehead atoms. The molecule has 0 aromatic heterocycles. The summed E-state index contributed by atoms with van der Waals surface area (Å²) in [6, 6.07) is 0. The van der Waals surface area contributed by atoms with Crippen molar-refractivity contribution in [2.24, 2.45) is 0 Å². The Kier molecular flexibility index (Phi) is 13.9. The molecule has 0 heterocycles. The van der Waals surface area contributed by atoms with Gasteiger partial charge in [-0.15, -0.1) is 0 Å². The number of unbranched alkanes of at least 4 members (excludes halogenated alkanes) is 1. The highest BCUT2D eigenvalue weighted by molar-refractivity contribution is 5.59. The van der Waals surface area contributed by atoms with Crippen LogP contribution in [0.2, 0.25) is 0 Å². The van der Waals surface area contributed by atoms with Gasteiger partial charge in [0.25, 0.3) is 0 Å². The van der Waals surface area contributed by atoms with E-state index in [1.54, 1.807) is 0 Å². The molecule has 0 aromatic rings. The maximum absolute atomic E-state index is 11.2. The van der Waals surface area contributed by atoms with Crippen LogP contribution in [0.5, 0.6) is 0 Å². The van der Waals surface area contributed by atoms with Crippen molar-refractivity contribution in [1.82, 2.24) is 0 Å². The van der Waals surface area contributed by atoms with Crippen molar-refractivity contribution in [3.63, 3.8) is 0 Å². The Balaban J connectivity index is 3.34. The van der Waals surface area contributed by atoms with Crippen LogP contribution in [0.4, 0.5) is 4.79 Å². The van der Waals surface area contributed by atoms with Crippen molar-refractivity contribution in [1.29, 1.82) is 0 Å². The molecule has 20 heavy (non-hydrogen) atoms. The van der Waals surface area contributed by atoms with E-state index in [2.05, 4.69) is 6.92 Å². The Bertz CT molecular complexity index is 222. The number of hydrogen-bond acceptors (Lipinski definition) is 6. The highest BCUT2D eigenvalue weighted by Gasteiger charge is 2.08. The van der Waals surface area contributed by atoms with Gasteiger partial charge in [0.2, 0.25) is 0 Å². The standard InChI is InChI=1S/C14H28O6/c1-4-6-7-17-9-10-18-13(3)12-20-14(15)19-11-8-16-5-2/h13H,4-12H2,1-3H3. The second kappa shape index (κ2) is 14.6. The lowest BCUT2D eigenvalue weighted by molar-refractivity contribution is -0.0314. The van der Waals surface area contributed by atoms with Gasteiger partial charge < -0.3 is 23.7 Å². The third-order valence-corrected chi connectivity index (χ3v) is 2.36. The summed E-state index contributed by atoms with van der Waals surface area (Å²) in [5, 5.41) is 0. The molecule has 0 spiro atoms. The van der Waals surface area contributed by atoms with Gasteiger partial charge >= 0.3 is 6.16 Å². The predicted molar refractivity (Wildman–Crippen MR) is 74.9 cm³/mol. The molecule has 0 amide bonds. The third-order valence-electron chi connectivity index (χ3n) is 2.36. The van der Waals surface area contributed by atoms with Crippen molar-refractivity contribution in [3.8, 4) is 0 Å². The van der Waals surface area contributed by atoms with E-state index in [1.165, 1.54) is 0 Å². The SMILES string of the molecule is CCCCOCCOC(C)COC(=O)OCCOCC. The van der Waals surface area contributed by atoms with E-state index in [0.717, 1.165) is 19.4 Å². The van der Waals surface area contributed by atoms with Crippen LogP contribution in [0, 0.1) is 0 Å². The van der Waals surface area contributed by atoms with Crippen LogP contribution in [0.3, 0.4) is 0 Å². The lowest BCUT2D eigenvalue weighted by Gasteiger charge is -2.13. The Morgan fingerprint density at radius 1 is 0.950 bits per heavy atom. The van der Waals surface area contributed by atoms with Gasteiger partial charge in [-0.2, -0.15) is 0 Å². The summed E-state index contributed by atoms with van der Waals surface area (Å²) < 4.78 is 25.5. The Hall–Kier alpha value is -0.850. The largest absolute Gasteiger partial charge is 0.508 e. The third kappa shape index (κ3) is 13.6. The molecule has 0 saturated heterocycles. The summed E-state index contributed by atoms with van der Waals surface area (Å²) in [7, 11) is 0. The highest BCUT2D eigenvalue weighted by Crippen LogP contribution is 1.95. The zero-order valence-electron chi connectivity index (χ0n) is 12.9. The molecule has 1 atom stereocenters. The molecule has 0 fully saturated rings. The van der Waals surface area contributed by atoms with Crippen LogP contribution in [0.1, 0.15) is 33.6 Å². The van der Waals surface area contributed by atoms with E-state index in [1.807, 2.05) is 13.8 Å². The van der Waals surface area contributed by atoms with Gasteiger partial charge in [0, 0.05) is 13.2 Å². The van der Waals surface area contributed by atoms with Crippen molar-refractivity contribution in [2.45, 2.75) is 39.7 Å². The molecule has 0 rings (SSSR count). The maximum atomic E-state index is 11.2. The minimum Gasteiger partial charge on any atom is -0.432 e. The summed E-state index contributed by atoms with van der Waals surface area (Å²) in [6.45, 7) is 9.00. The van der Waals surface area contributed by atoms with Crippen LogP contribution < -0.4 is 0 Å². The smallest absolute Gasteiger partial charge is 0.432 e. The average molecular weight is 292 g/mol. The Morgan fingerprint density at radius 3 is 2.40 bits per heavy atom. The Labute approximate surface area is 121 Å². The van der Waals surface area contributed by atoms with Crippen molar-refractivity contribution < 1.29 is 28.5 Å². The van der Waals surface area contributed by atoms with Gasteiger partial charge in [0.05, 0.1) is 25.9 Å². The monoisotopic (exact) mass is 292 g/mol. The fraction of sp³-hybridized carbons (Fsp3) is 0.929. The lowest BCUT2D eigenvalue weighted by Crippen LogP contribution is -2.22. The summed E-state index contributed by atoms with van der Waals surface area (Å²) >= 11 is 0. The molecule has 0 aliphatic rings. The molecule has 0 aromatic carbocycles. The van der Waals surface area contributed by atoms with Crippen LogP contribution in [-0.4, -0.2) is 58.5 Å².